The summed E-state index contributed by atoms with van der Waals surface area (Å²) < 4.78 is 10.7. The summed E-state index contributed by atoms with van der Waals surface area (Å²) in [6.07, 6.45) is 7.02. The van der Waals surface area contributed by atoms with Gasteiger partial charge in [-0.3, -0.25) is 9.78 Å². The quantitative estimate of drug-likeness (QED) is 0.859. The van der Waals surface area contributed by atoms with Gasteiger partial charge in [-0.25, -0.2) is 0 Å². The van der Waals surface area contributed by atoms with Crippen LogP contribution in [0.25, 0.3) is 0 Å². The number of fused-ring (bicyclic) bond motifs is 1. The number of hydrogen-bond donors (Lipinski definition) is 0. The fourth-order valence-corrected chi connectivity index (χ4v) is 3.60. The lowest BCUT2D eigenvalue weighted by molar-refractivity contribution is -0.132. The van der Waals surface area contributed by atoms with E-state index in [1.54, 1.807) is 0 Å². The molecule has 0 N–H and O–H groups in total. The van der Waals surface area contributed by atoms with Gasteiger partial charge in [-0.2, -0.15) is 0 Å². The summed E-state index contributed by atoms with van der Waals surface area (Å²) >= 11 is 0. The Labute approximate surface area is 147 Å². The van der Waals surface area contributed by atoms with Crippen LogP contribution >= 0.6 is 0 Å². The van der Waals surface area contributed by atoms with Gasteiger partial charge in [0.25, 0.3) is 0 Å². The first kappa shape index (κ1) is 15.9. The van der Waals surface area contributed by atoms with Gasteiger partial charge in [-0.05, 0) is 60.6 Å². The number of hydrogen-bond acceptors (Lipinski definition) is 4. The minimum Gasteiger partial charge on any atom is -0.454 e. The molecule has 0 unspecified atom stereocenters. The molecule has 130 valence electrons. The molecule has 2 aromatic rings. The van der Waals surface area contributed by atoms with Gasteiger partial charge < -0.3 is 14.4 Å². The van der Waals surface area contributed by atoms with E-state index in [0.717, 1.165) is 49.4 Å². The number of aromatic nitrogens is 1. The van der Waals surface area contributed by atoms with Crippen molar-refractivity contribution < 1.29 is 14.3 Å². The van der Waals surface area contributed by atoms with Crippen molar-refractivity contribution in [3.63, 3.8) is 0 Å². The molecule has 25 heavy (non-hydrogen) atoms. The number of likely N-dealkylation sites (tertiary alicyclic amines) is 1. The molecule has 1 aromatic heterocycles. The maximum Gasteiger partial charge on any atom is 0.231 e. The van der Waals surface area contributed by atoms with Gasteiger partial charge in [-0.1, -0.05) is 6.07 Å². The van der Waals surface area contributed by atoms with E-state index in [9.17, 15) is 4.79 Å². The van der Waals surface area contributed by atoms with Gasteiger partial charge in [-0.15, -0.1) is 0 Å². The first-order valence-corrected chi connectivity index (χ1v) is 8.86. The first-order valence-electron chi connectivity index (χ1n) is 8.86. The van der Waals surface area contributed by atoms with Gasteiger partial charge in [0.1, 0.15) is 0 Å². The average Bonchev–Trinajstić information content (AvgIpc) is 3.15. The summed E-state index contributed by atoms with van der Waals surface area (Å²) in [5.41, 5.74) is 2.45. The van der Waals surface area contributed by atoms with Crippen LogP contribution in [0.15, 0.2) is 42.7 Å². The van der Waals surface area contributed by atoms with Crippen LogP contribution in [0.3, 0.4) is 0 Å². The SMILES string of the molecule is O=C(CCc1ccc2c(c1)OCO2)N1CCC(c2ccncc2)CC1. The highest BCUT2D eigenvalue weighted by molar-refractivity contribution is 5.76. The highest BCUT2D eigenvalue weighted by Crippen LogP contribution is 2.33. The number of piperidine rings is 1. The third-order valence-electron chi connectivity index (χ3n) is 5.09. The van der Waals surface area contributed by atoms with Crippen LogP contribution in [0.5, 0.6) is 11.5 Å². The second kappa shape index (κ2) is 7.13. The van der Waals surface area contributed by atoms with Crippen LogP contribution in [-0.4, -0.2) is 35.7 Å². The summed E-state index contributed by atoms with van der Waals surface area (Å²) in [5, 5.41) is 0. The molecule has 1 fully saturated rings. The summed E-state index contributed by atoms with van der Waals surface area (Å²) in [7, 11) is 0. The Morgan fingerprint density at radius 2 is 1.84 bits per heavy atom. The number of pyridine rings is 1. The van der Waals surface area contributed by atoms with E-state index in [1.807, 2.05) is 35.5 Å². The van der Waals surface area contributed by atoms with Crippen molar-refractivity contribution in [1.82, 2.24) is 9.88 Å². The molecule has 5 heteroatoms. The predicted molar refractivity (Wildman–Crippen MR) is 93.7 cm³/mol. The van der Waals surface area contributed by atoms with E-state index in [4.69, 9.17) is 9.47 Å². The Kier molecular flexibility index (Phi) is 4.55. The Bertz CT molecular complexity index is 740. The third-order valence-corrected chi connectivity index (χ3v) is 5.09. The molecule has 0 bridgehead atoms. The van der Waals surface area contributed by atoms with E-state index in [1.165, 1.54) is 5.56 Å². The summed E-state index contributed by atoms with van der Waals surface area (Å²) in [6.45, 7) is 1.96. The van der Waals surface area contributed by atoms with Crippen LogP contribution in [0.2, 0.25) is 0 Å². The Hall–Kier alpha value is -2.56. The Balaban J connectivity index is 1.28. The summed E-state index contributed by atoms with van der Waals surface area (Å²) in [5.74, 6) is 2.35. The molecule has 0 spiro atoms. The minimum absolute atomic E-state index is 0.242. The lowest BCUT2D eigenvalue weighted by Crippen LogP contribution is -2.38. The lowest BCUT2D eigenvalue weighted by Gasteiger charge is -2.32. The van der Waals surface area contributed by atoms with Crippen LogP contribution in [0.4, 0.5) is 0 Å². The number of nitrogens with zero attached hydrogens (tertiary/aromatic N) is 2. The Morgan fingerprint density at radius 1 is 1.08 bits per heavy atom. The predicted octanol–water partition coefficient (Wildman–Crippen LogP) is 3.15. The third kappa shape index (κ3) is 3.60. The average molecular weight is 338 g/mol. The fraction of sp³-hybridized carbons (Fsp3) is 0.400. The number of ether oxygens (including phenoxy) is 2. The fourth-order valence-electron chi connectivity index (χ4n) is 3.60. The maximum absolute atomic E-state index is 12.5. The van der Waals surface area contributed by atoms with Gasteiger partial charge >= 0.3 is 0 Å². The molecule has 3 heterocycles. The van der Waals surface area contributed by atoms with E-state index in [2.05, 4.69) is 17.1 Å². The van der Waals surface area contributed by atoms with Crippen LogP contribution in [0, 0.1) is 0 Å². The monoisotopic (exact) mass is 338 g/mol. The number of amides is 1. The zero-order valence-electron chi connectivity index (χ0n) is 14.2. The van der Waals surface area contributed by atoms with E-state index in [0.29, 0.717) is 12.3 Å². The number of carbonyl (C=O) groups excluding carboxylic acids is 1. The van der Waals surface area contributed by atoms with Crippen molar-refractivity contribution in [2.24, 2.45) is 0 Å². The molecular weight excluding hydrogens is 316 g/mol. The topological polar surface area (TPSA) is 51.7 Å². The first-order chi connectivity index (χ1) is 12.3. The van der Waals surface area contributed by atoms with Crippen LogP contribution in [0.1, 0.15) is 36.3 Å². The second-order valence-corrected chi connectivity index (χ2v) is 6.62. The van der Waals surface area contributed by atoms with Crippen molar-refractivity contribution in [2.45, 2.75) is 31.6 Å². The molecule has 0 aliphatic carbocycles. The van der Waals surface area contributed by atoms with E-state index >= 15 is 0 Å². The molecule has 1 saturated heterocycles. The number of rotatable bonds is 4. The molecule has 1 amide bonds. The molecule has 0 radical (unpaired) electrons. The van der Waals surface area contributed by atoms with Gasteiger partial charge in [0.2, 0.25) is 12.7 Å². The van der Waals surface area contributed by atoms with Crippen molar-refractivity contribution in [2.75, 3.05) is 19.9 Å². The van der Waals surface area contributed by atoms with Crippen LogP contribution < -0.4 is 9.47 Å². The largest absolute Gasteiger partial charge is 0.454 e. The number of aryl methyl sites for hydroxylation is 1. The summed E-state index contributed by atoms with van der Waals surface area (Å²) in [6, 6.07) is 10.1. The van der Waals surface area contributed by atoms with Crippen molar-refractivity contribution in [1.29, 1.82) is 0 Å². The zero-order valence-corrected chi connectivity index (χ0v) is 14.2. The highest BCUT2D eigenvalue weighted by Gasteiger charge is 2.23. The van der Waals surface area contributed by atoms with Gasteiger partial charge in [0.05, 0.1) is 0 Å². The maximum atomic E-state index is 12.5. The smallest absolute Gasteiger partial charge is 0.231 e. The van der Waals surface area contributed by atoms with Crippen molar-refractivity contribution >= 4 is 5.91 Å². The Morgan fingerprint density at radius 3 is 2.64 bits per heavy atom. The lowest BCUT2D eigenvalue weighted by atomic mass is 9.90. The normalized spacial score (nSPS) is 16.9. The van der Waals surface area contributed by atoms with E-state index < -0.39 is 0 Å². The highest BCUT2D eigenvalue weighted by atomic mass is 16.7. The van der Waals surface area contributed by atoms with Gasteiger partial charge in [0, 0.05) is 31.9 Å². The van der Waals surface area contributed by atoms with Gasteiger partial charge in [0.15, 0.2) is 11.5 Å². The minimum atomic E-state index is 0.242. The van der Waals surface area contributed by atoms with Crippen LogP contribution in [-0.2, 0) is 11.2 Å². The second-order valence-electron chi connectivity index (χ2n) is 6.62. The molecule has 1 aromatic carbocycles. The molecular formula is C20H22N2O3. The van der Waals surface area contributed by atoms with Crippen molar-refractivity contribution in [3.05, 3.63) is 53.9 Å². The standard InChI is InChI=1S/C20H22N2O3/c23-20(4-2-15-1-3-18-19(13-15)25-14-24-18)22-11-7-17(8-12-22)16-5-9-21-10-6-16/h1,3,5-6,9-10,13,17H,2,4,7-8,11-12,14H2. The van der Waals surface area contributed by atoms with Crippen molar-refractivity contribution in [3.8, 4) is 11.5 Å². The molecule has 0 saturated carbocycles. The molecule has 4 rings (SSSR count). The number of carbonyl (C=O) groups is 1. The molecule has 2 aliphatic rings. The zero-order chi connectivity index (χ0) is 17.1. The number of benzene rings is 1. The summed E-state index contributed by atoms with van der Waals surface area (Å²) in [4.78, 5) is 18.6. The molecule has 2 aliphatic heterocycles. The van der Waals surface area contributed by atoms with E-state index in [-0.39, 0.29) is 12.7 Å². The molecule has 0 atom stereocenters. The molecule has 5 nitrogen and oxygen atoms in total.